The Bertz CT molecular complexity index is 1500. The van der Waals surface area contributed by atoms with Crippen molar-refractivity contribution in [2.75, 3.05) is 39.6 Å². The van der Waals surface area contributed by atoms with Crippen LogP contribution in [-0.2, 0) is 47.7 Å². The molecule has 2 atom stereocenters. The third-order valence-corrected chi connectivity index (χ3v) is 6.42. The summed E-state index contributed by atoms with van der Waals surface area (Å²) in [5.41, 5.74) is 0.686. The number of hydrogen-bond donors (Lipinski definition) is 0. The number of benzene rings is 2. The molecule has 0 N–H and O–H groups in total. The van der Waals surface area contributed by atoms with Crippen LogP contribution in [0.2, 0.25) is 0 Å². The summed E-state index contributed by atoms with van der Waals surface area (Å²) >= 11 is 0. The second kappa shape index (κ2) is 22.9. The molecule has 0 spiro atoms. The summed E-state index contributed by atoms with van der Waals surface area (Å²) in [5.74, 6) is -1.56. The van der Waals surface area contributed by atoms with Gasteiger partial charge in [-0.1, -0.05) is 44.0 Å². The Morgan fingerprint density at radius 3 is 1.37 bits per heavy atom. The largest absolute Gasteiger partial charge is 0.490 e. The minimum Gasteiger partial charge on any atom is -0.490 e. The van der Waals surface area contributed by atoms with Crippen molar-refractivity contribution in [3.8, 4) is 17.2 Å². The Balaban J connectivity index is 1.98. The van der Waals surface area contributed by atoms with Gasteiger partial charge in [0.2, 0.25) is 0 Å². The molecule has 13 heteroatoms. The fraction of sp³-hybridized carbons (Fsp3) is 0.395. The van der Waals surface area contributed by atoms with Gasteiger partial charge in [0.1, 0.15) is 43.7 Å². The van der Waals surface area contributed by atoms with E-state index < -0.39 is 42.1 Å². The number of rotatable bonds is 24. The van der Waals surface area contributed by atoms with Gasteiger partial charge < -0.3 is 37.9 Å². The van der Waals surface area contributed by atoms with Gasteiger partial charge in [-0.05, 0) is 57.9 Å². The summed E-state index contributed by atoms with van der Waals surface area (Å²) in [5, 5.41) is 0. The zero-order valence-corrected chi connectivity index (χ0v) is 29.4. The SMILES string of the molecule is C=C(C)C(=O)OCCCC(=O)OC(COC(=O)C(=C)C)COc1cccc(OCC(COc2ccccc2)OC(=O)CCCOC(=O)C(=C)C)c1. The Morgan fingerprint density at radius 2 is 0.922 bits per heavy atom. The van der Waals surface area contributed by atoms with E-state index in [9.17, 15) is 24.0 Å². The number of carbonyl (C=O) groups is 5. The number of esters is 5. The molecule has 0 aliphatic carbocycles. The highest BCUT2D eigenvalue weighted by Gasteiger charge is 2.20. The average Bonchev–Trinajstić information content (AvgIpc) is 3.10. The highest BCUT2D eigenvalue weighted by atomic mass is 16.6. The van der Waals surface area contributed by atoms with E-state index in [4.69, 9.17) is 37.9 Å². The van der Waals surface area contributed by atoms with E-state index in [1.165, 1.54) is 20.8 Å². The van der Waals surface area contributed by atoms with Crippen molar-refractivity contribution in [2.24, 2.45) is 0 Å². The van der Waals surface area contributed by atoms with Crippen LogP contribution in [0.5, 0.6) is 17.2 Å². The topological polar surface area (TPSA) is 159 Å². The molecule has 0 fully saturated rings. The molecule has 2 aromatic rings. The van der Waals surface area contributed by atoms with E-state index in [-0.39, 0.29) is 82.0 Å². The molecule has 0 radical (unpaired) electrons. The van der Waals surface area contributed by atoms with Crippen molar-refractivity contribution >= 4 is 29.8 Å². The second-order valence-corrected chi connectivity index (χ2v) is 11.4. The molecule has 51 heavy (non-hydrogen) atoms. The summed E-state index contributed by atoms with van der Waals surface area (Å²) in [4.78, 5) is 60.1. The standard InChI is InChI=1S/C38H46O13/c1-26(2)36(41)44-19-11-17-34(39)50-32(22-46-29-13-8-7-9-14-29)23-47-30-15-10-16-31(21-30)48-24-33(25-49-38(43)28(5)6)51-35(40)18-12-20-45-37(42)27(3)4/h7-10,13-16,21,32-33H,1,3,5,11-12,17-20,22-25H2,2,4,6H3. The fourth-order valence-electron chi connectivity index (χ4n) is 3.76. The fourth-order valence-corrected chi connectivity index (χ4v) is 3.76. The first-order valence-electron chi connectivity index (χ1n) is 16.2. The third-order valence-electron chi connectivity index (χ3n) is 6.42. The second-order valence-electron chi connectivity index (χ2n) is 11.4. The van der Waals surface area contributed by atoms with Gasteiger partial charge in [0.05, 0.1) is 13.2 Å². The average molecular weight is 711 g/mol. The van der Waals surface area contributed by atoms with Gasteiger partial charge in [-0.25, -0.2) is 14.4 Å². The van der Waals surface area contributed by atoms with Crippen molar-refractivity contribution < 1.29 is 61.9 Å². The predicted octanol–water partition coefficient (Wildman–Crippen LogP) is 5.27. The van der Waals surface area contributed by atoms with E-state index in [1.54, 1.807) is 36.4 Å². The molecule has 0 aliphatic heterocycles. The maximum atomic E-state index is 12.6. The Morgan fingerprint density at radius 1 is 0.529 bits per heavy atom. The first kappa shape index (κ1) is 41.6. The summed E-state index contributed by atoms with van der Waals surface area (Å²) in [6, 6.07) is 15.6. The number of hydrogen-bond acceptors (Lipinski definition) is 13. The van der Waals surface area contributed by atoms with Crippen LogP contribution in [0.1, 0.15) is 46.5 Å². The molecule has 2 aromatic carbocycles. The molecule has 2 rings (SSSR count). The van der Waals surface area contributed by atoms with Crippen LogP contribution in [0.25, 0.3) is 0 Å². The van der Waals surface area contributed by atoms with Crippen LogP contribution >= 0.6 is 0 Å². The van der Waals surface area contributed by atoms with E-state index in [2.05, 4.69) is 19.7 Å². The predicted molar refractivity (Wildman–Crippen MR) is 185 cm³/mol. The number of carbonyl (C=O) groups excluding carboxylic acids is 5. The van der Waals surface area contributed by atoms with Gasteiger partial charge in [0.15, 0.2) is 12.2 Å². The van der Waals surface area contributed by atoms with Crippen molar-refractivity contribution in [2.45, 2.75) is 58.7 Å². The monoisotopic (exact) mass is 710 g/mol. The molecule has 0 bridgehead atoms. The molecule has 0 saturated heterocycles. The van der Waals surface area contributed by atoms with Crippen LogP contribution in [0.4, 0.5) is 0 Å². The molecule has 0 aliphatic rings. The molecular formula is C38H46O13. The van der Waals surface area contributed by atoms with Crippen LogP contribution in [0.15, 0.2) is 91.1 Å². The van der Waals surface area contributed by atoms with E-state index >= 15 is 0 Å². The normalized spacial score (nSPS) is 11.5. The zero-order valence-electron chi connectivity index (χ0n) is 29.4. The molecule has 0 saturated carbocycles. The third kappa shape index (κ3) is 18.1. The first-order chi connectivity index (χ1) is 24.3. The van der Waals surface area contributed by atoms with Crippen LogP contribution in [0.3, 0.4) is 0 Å². The molecule has 2 unspecified atom stereocenters. The van der Waals surface area contributed by atoms with Crippen molar-refractivity contribution in [1.29, 1.82) is 0 Å². The lowest BCUT2D eigenvalue weighted by molar-refractivity contribution is -0.159. The van der Waals surface area contributed by atoms with Crippen LogP contribution in [0, 0.1) is 0 Å². The van der Waals surface area contributed by atoms with Gasteiger partial charge in [-0.2, -0.15) is 0 Å². The minimum absolute atomic E-state index is 0.00285. The summed E-state index contributed by atoms with van der Waals surface area (Å²) < 4.78 is 43.9. The van der Waals surface area contributed by atoms with E-state index in [0.29, 0.717) is 17.2 Å². The summed E-state index contributed by atoms with van der Waals surface area (Å²) in [6.45, 7) is 14.6. The van der Waals surface area contributed by atoms with Gasteiger partial charge in [0, 0.05) is 35.6 Å². The lowest BCUT2D eigenvalue weighted by Gasteiger charge is -2.20. The van der Waals surface area contributed by atoms with Crippen molar-refractivity contribution in [3.63, 3.8) is 0 Å². The van der Waals surface area contributed by atoms with Crippen molar-refractivity contribution in [1.82, 2.24) is 0 Å². The highest BCUT2D eigenvalue weighted by Crippen LogP contribution is 2.21. The quantitative estimate of drug-likeness (QED) is 0.0601. The Kier molecular flexibility index (Phi) is 18.7. The van der Waals surface area contributed by atoms with Gasteiger partial charge >= 0.3 is 29.8 Å². The lowest BCUT2D eigenvalue weighted by atomic mass is 10.3. The Labute approximate surface area is 298 Å². The maximum absolute atomic E-state index is 12.6. The Hall–Kier alpha value is -5.59. The molecule has 276 valence electrons. The molecular weight excluding hydrogens is 664 g/mol. The van der Waals surface area contributed by atoms with E-state index in [0.717, 1.165) is 0 Å². The summed E-state index contributed by atoms with van der Waals surface area (Å²) in [6.07, 6.45) is -1.33. The van der Waals surface area contributed by atoms with Gasteiger partial charge in [-0.3, -0.25) is 9.59 Å². The highest BCUT2D eigenvalue weighted by molar-refractivity contribution is 5.87. The smallest absolute Gasteiger partial charge is 0.333 e. The summed E-state index contributed by atoms with van der Waals surface area (Å²) in [7, 11) is 0. The molecule has 0 aromatic heterocycles. The van der Waals surface area contributed by atoms with Crippen LogP contribution in [-0.4, -0.2) is 81.7 Å². The zero-order chi connectivity index (χ0) is 37.6. The van der Waals surface area contributed by atoms with Gasteiger partial charge in [-0.15, -0.1) is 0 Å². The molecule has 13 nitrogen and oxygen atoms in total. The van der Waals surface area contributed by atoms with Crippen LogP contribution < -0.4 is 14.2 Å². The number of ether oxygens (including phenoxy) is 8. The molecule has 0 amide bonds. The first-order valence-corrected chi connectivity index (χ1v) is 16.2. The minimum atomic E-state index is -0.966. The van der Waals surface area contributed by atoms with E-state index in [1.807, 2.05) is 18.2 Å². The lowest BCUT2D eigenvalue weighted by Crippen LogP contribution is -2.31. The van der Waals surface area contributed by atoms with Gasteiger partial charge in [0.25, 0.3) is 0 Å². The maximum Gasteiger partial charge on any atom is 0.333 e. The number of para-hydroxylation sites is 1. The van der Waals surface area contributed by atoms with Crippen molar-refractivity contribution in [3.05, 3.63) is 91.1 Å². The molecule has 0 heterocycles.